The number of rotatable bonds is 4. The number of benzene rings is 6. The van der Waals surface area contributed by atoms with Crippen LogP contribution in [0.5, 0.6) is 0 Å². The highest BCUT2D eigenvalue weighted by Crippen LogP contribution is 2.58. The molecule has 0 spiro atoms. The van der Waals surface area contributed by atoms with E-state index in [0.29, 0.717) is 0 Å². The van der Waals surface area contributed by atoms with E-state index in [0.717, 1.165) is 0 Å². The minimum Gasteiger partial charge on any atom is -0.0622 e. The number of hydrogen-bond acceptors (Lipinski definition) is 0. The van der Waals surface area contributed by atoms with E-state index in [1.165, 1.54) is 61.2 Å². The Morgan fingerprint density at radius 2 is 0.974 bits per heavy atom. The molecule has 6 aromatic carbocycles. The van der Waals surface area contributed by atoms with Crippen LogP contribution in [-0.2, 0) is 5.41 Å². The third-order valence-corrected chi connectivity index (χ3v) is 8.04. The predicted octanol–water partition coefficient (Wildman–Crippen LogP) is 9.69. The van der Waals surface area contributed by atoms with E-state index in [1.807, 2.05) is 0 Å². The maximum absolute atomic E-state index is 2.43. The fraction of sp³-hybridized carbons (Fsp3) is 0.0526. The average molecular weight is 485 g/mol. The van der Waals surface area contributed by atoms with Crippen molar-refractivity contribution in [3.8, 4) is 33.4 Å². The first-order valence-electron chi connectivity index (χ1n) is 13.3. The highest BCUT2D eigenvalue weighted by molar-refractivity contribution is 5.96. The molecule has 1 aliphatic rings. The smallest absolute Gasteiger partial charge is 0.0622 e. The lowest BCUT2D eigenvalue weighted by Crippen LogP contribution is -2.28. The molecule has 0 heteroatoms. The molecular weight excluding hydrogens is 456 g/mol. The van der Waals surface area contributed by atoms with Crippen LogP contribution in [0.4, 0.5) is 0 Å². The molecule has 6 aromatic rings. The minimum atomic E-state index is -0.418. The van der Waals surface area contributed by atoms with Crippen molar-refractivity contribution in [3.63, 3.8) is 0 Å². The number of hydrogen-bond donors (Lipinski definition) is 0. The Morgan fingerprint density at radius 1 is 0.395 bits per heavy atom. The molecule has 1 aliphatic carbocycles. The van der Waals surface area contributed by atoms with Gasteiger partial charge in [0.1, 0.15) is 0 Å². The van der Waals surface area contributed by atoms with Gasteiger partial charge in [0, 0.05) is 0 Å². The molecule has 0 fully saturated rings. The summed E-state index contributed by atoms with van der Waals surface area (Å²) < 4.78 is 0. The van der Waals surface area contributed by atoms with Gasteiger partial charge in [-0.3, -0.25) is 0 Å². The van der Waals surface area contributed by atoms with Crippen LogP contribution in [0.25, 0.3) is 33.4 Å². The standard InChI is InChI=1S/C38H28/c1-27-20-22-29(23-21-27)33-18-11-19-35-37(33)34-25-24-30(28-12-5-2-6-13-28)26-36(34)38(35,31-14-7-3-8-15-31)32-16-9-4-10-17-32/h2-26H,1H3. The van der Waals surface area contributed by atoms with E-state index in [9.17, 15) is 0 Å². The van der Waals surface area contributed by atoms with Gasteiger partial charge in [-0.15, -0.1) is 0 Å². The summed E-state index contributed by atoms with van der Waals surface area (Å²) in [5.74, 6) is 0. The molecule has 0 N–H and O–H groups in total. The molecule has 0 saturated carbocycles. The van der Waals surface area contributed by atoms with Crippen LogP contribution in [0.2, 0.25) is 0 Å². The van der Waals surface area contributed by atoms with Crippen LogP contribution in [0.3, 0.4) is 0 Å². The molecule has 0 aliphatic heterocycles. The van der Waals surface area contributed by atoms with Crippen LogP contribution in [0, 0.1) is 6.92 Å². The second kappa shape index (κ2) is 9.01. The van der Waals surface area contributed by atoms with Gasteiger partial charge in [-0.25, -0.2) is 0 Å². The summed E-state index contributed by atoms with van der Waals surface area (Å²) in [6.45, 7) is 2.15. The van der Waals surface area contributed by atoms with Gasteiger partial charge in [-0.2, -0.15) is 0 Å². The molecule has 0 aromatic heterocycles. The molecule has 180 valence electrons. The van der Waals surface area contributed by atoms with Crippen LogP contribution < -0.4 is 0 Å². The quantitative estimate of drug-likeness (QED) is 0.233. The molecule has 0 heterocycles. The Labute approximate surface area is 224 Å². The molecule has 0 nitrogen and oxygen atoms in total. The summed E-state index contributed by atoms with van der Waals surface area (Å²) in [6.07, 6.45) is 0. The Balaban J connectivity index is 1.62. The monoisotopic (exact) mass is 484 g/mol. The Kier molecular flexibility index (Phi) is 5.34. The van der Waals surface area contributed by atoms with Gasteiger partial charge in [-0.05, 0) is 68.6 Å². The van der Waals surface area contributed by atoms with Gasteiger partial charge >= 0.3 is 0 Å². The van der Waals surface area contributed by atoms with Gasteiger partial charge in [0.15, 0.2) is 0 Å². The molecule has 7 rings (SSSR count). The van der Waals surface area contributed by atoms with Crippen LogP contribution in [0.15, 0.2) is 152 Å². The fourth-order valence-electron chi connectivity index (χ4n) is 6.32. The van der Waals surface area contributed by atoms with Crippen molar-refractivity contribution < 1.29 is 0 Å². The van der Waals surface area contributed by atoms with E-state index in [1.54, 1.807) is 0 Å². The maximum Gasteiger partial charge on any atom is 0.0714 e. The normalized spacial score (nSPS) is 13.1. The molecular formula is C38H28. The van der Waals surface area contributed by atoms with E-state index >= 15 is 0 Å². The molecule has 0 amide bonds. The number of fused-ring (bicyclic) bond motifs is 3. The van der Waals surface area contributed by atoms with Gasteiger partial charge in [0.2, 0.25) is 0 Å². The predicted molar refractivity (Wildman–Crippen MR) is 159 cm³/mol. The molecule has 0 unspecified atom stereocenters. The lowest BCUT2D eigenvalue weighted by molar-refractivity contribution is 0.769. The van der Waals surface area contributed by atoms with Crippen LogP contribution in [-0.4, -0.2) is 0 Å². The highest BCUT2D eigenvalue weighted by atomic mass is 14.5. The van der Waals surface area contributed by atoms with Crippen molar-refractivity contribution in [2.45, 2.75) is 12.3 Å². The molecule has 0 radical (unpaired) electrons. The van der Waals surface area contributed by atoms with Crippen LogP contribution >= 0.6 is 0 Å². The first-order chi connectivity index (χ1) is 18.8. The Bertz CT molecular complexity index is 1690. The van der Waals surface area contributed by atoms with E-state index in [2.05, 4.69) is 159 Å². The van der Waals surface area contributed by atoms with Crippen molar-refractivity contribution in [3.05, 3.63) is 179 Å². The Hall–Kier alpha value is -4.68. The summed E-state index contributed by atoms with van der Waals surface area (Å²) in [5, 5.41) is 0. The van der Waals surface area contributed by atoms with Crippen molar-refractivity contribution in [1.82, 2.24) is 0 Å². The Morgan fingerprint density at radius 3 is 1.61 bits per heavy atom. The van der Waals surface area contributed by atoms with Crippen molar-refractivity contribution in [2.75, 3.05) is 0 Å². The highest BCUT2D eigenvalue weighted by Gasteiger charge is 2.47. The second-order valence-corrected chi connectivity index (χ2v) is 10.2. The maximum atomic E-state index is 2.43. The van der Waals surface area contributed by atoms with E-state index in [4.69, 9.17) is 0 Å². The summed E-state index contributed by atoms with van der Waals surface area (Å²) in [4.78, 5) is 0. The van der Waals surface area contributed by atoms with Gasteiger partial charge in [0.25, 0.3) is 0 Å². The van der Waals surface area contributed by atoms with Crippen molar-refractivity contribution in [1.29, 1.82) is 0 Å². The third kappa shape index (κ3) is 3.38. The minimum absolute atomic E-state index is 0.418. The summed E-state index contributed by atoms with van der Waals surface area (Å²) in [5.41, 5.74) is 13.8. The topological polar surface area (TPSA) is 0 Å². The van der Waals surface area contributed by atoms with Gasteiger partial charge in [0.05, 0.1) is 5.41 Å². The fourth-order valence-corrected chi connectivity index (χ4v) is 6.32. The summed E-state index contributed by atoms with van der Waals surface area (Å²) >= 11 is 0. The van der Waals surface area contributed by atoms with Gasteiger partial charge < -0.3 is 0 Å². The zero-order valence-electron chi connectivity index (χ0n) is 21.4. The van der Waals surface area contributed by atoms with Crippen molar-refractivity contribution in [2.24, 2.45) is 0 Å². The number of aryl methyl sites for hydroxylation is 1. The van der Waals surface area contributed by atoms with Crippen molar-refractivity contribution >= 4 is 0 Å². The molecule has 0 saturated heterocycles. The molecule has 38 heavy (non-hydrogen) atoms. The van der Waals surface area contributed by atoms with Gasteiger partial charge in [-0.1, -0.05) is 151 Å². The first-order valence-corrected chi connectivity index (χ1v) is 13.3. The van der Waals surface area contributed by atoms with E-state index in [-0.39, 0.29) is 0 Å². The van der Waals surface area contributed by atoms with E-state index < -0.39 is 5.41 Å². The summed E-state index contributed by atoms with van der Waals surface area (Å²) in [6, 6.07) is 55.7. The lowest BCUT2D eigenvalue weighted by atomic mass is 9.67. The molecule has 0 atom stereocenters. The summed E-state index contributed by atoms with van der Waals surface area (Å²) in [7, 11) is 0. The lowest BCUT2D eigenvalue weighted by Gasteiger charge is -2.34. The van der Waals surface area contributed by atoms with Crippen LogP contribution in [0.1, 0.15) is 27.8 Å². The molecule has 0 bridgehead atoms. The second-order valence-electron chi connectivity index (χ2n) is 10.2. The SMILES string of the molecule is Cc1ccc(-c2cccc3c2-c2ccc(-c4ccccc4)cc2C3(c2ccccc2)c2ccccc2)cc1. The first kappa shape index (κ1) is 22.5. The third-order valence-electron chi connectivity index (χ3n) is 8.04. The zero-order chi connectivity index (χ0) is 25.5. The zero-order valence-corrected chi connectivity index (χ0v) is 21.4. The largest absolute Gasteiger partial charge is 0.0714 e. The average Bonchev–Trinajstić information content (AvgIpc) is 3.29.